The third kappa shape index (κ3) is 5.73. The molecule has 0 aliphatic heterocycles. The van der Waals surface area contributed by atoms with Crippen molar-refractivity contribution in [2.75, 3.05) is 14.2 Å². The predicted molar refractivity (Wildman–Crippen MR) is 60.9 cm³/mol. The zero-order valence-corrected chi connectivity index (χ0v) is 10.5. The lowest BCUT2D eigenvalue weighted by atomic mass is 10.0. The summed E-state index contributed by atoms with van der Waals surface area (Å²) in [5.74, 6) is -1.75. The van der Waals surface area contributed by atoms with Gasteiger partial charge in [0.25, 0.3) is 0 Å². The van der Waals surface area contributed by atoms with Gasteiger partial charge in [-0.2, -0.15) is 0 Å². The number of carbonyl (C=O) groups is 2. The second kappa shape index (κ2) is 9.19. The lowest BCUT2D eigenvalue weighted by Crippen LogP contribution is -2.26. The Morgan fingerprint density at radius 2 is 1.44 bits per heavy atom. The molecule has 0 rings (SSSR count). The quantitative estimate of drug-likeness (QED) is 0.365. The van der Waals surface area contributed by atoms with Crippen LogP contribution in [0.4, 0.5) is 0 Å². The lowest BCUT2D eigenvalue weighted by molar-refractivity contribution is -0.159. The van der Waals surface area contributed by atoms with Crippen LogP contribution < -0.4 is 0 Å². The van der Waals surface area contributed by atoms with E-state index in [0.29, 0.717) is 6.42 Å². The topological polar surface area (TPSA) is 52.6 Å². The number of esters is 2. The van der Waals surface area contributed by atoms with Crippen LogP contribution in [0.5, 0.6) is 0 Å². The first kappa shape index (κ1) is 14.9. The van der Waals surface area contributed by atoms with Crippen molar-refractivity contribution in [3.8, 4) is 0 Å². The predicted octanol–water partition coefficient (Wildman–Crippen LogP) is 2.31. The average molecular weight is 230 g/mol. The molecule has 0 fully saturated rings. The SMILES string of the molecule is CCCCCCCC(C(=O)OC)C(=O)OC. The van der Waals surface area contributed by atoms with Gasteiger partial charge in [0, 0.05) is 0 Å². The molecule has 0 aliphatic carbocycles. The van der Waals surface area contributed by atoms with Gasteiger partial charge >= 0.3 is 11.9 Å². The normalized spacial score (nSPS) is 10.2. The van der Waals surface area contributed by atoms with Gasteiger partial charge in [-0.25, -0.2) is 0 Å². The number of unbranched alkanes of at least 4 members (excludes halogenated alkanes) is 4. The fourth-order valence-electron chi connectivity index (χ4n) is 1.57. The second-order valence-corrected chi connectivity index (χ2v) is 3.80. The second-order valence-electron chi connectivity index (χ2n) is 3.80. The molecule has 16 heavy (non-hydrogen) atoms. The van der Waals surface area contributed by atoms with Gasteiger partial charge < -0.3 is 9.47 Å². The first-order valence-electron chi connectivity index (χ1n) is 5.83. The summed E-state index contributed by atoms with van der Waals surface area (Å²) in [6.07, 6.45) is 5.93. The molecule has 4 heteroatoms. The number of methoxy groups -OCH3 is 2. The fourth-order valence-corrected chi connectivity index (χ4v) is 1.57. The summed E-state index contributed by atoms with van der Waals surface area (Å²) in [5, 5.41) is 0. The van der Waals surface area contributed by atoms with E-state index in [4.69, 9.17) is 0 Å². The molecule has 0 spiro atoms. The highest BCUT2D eigenvalue weighted by molar-refractivity contribution is 5.94. The van der Waals surface area contributed by atoms with Crippen LogP contribution in [0.2, 0.25) is 0 Å². The number of hydrogen-bond donors (Lipinski definition) is 0. The first-order valence-corrected chi connectivity index (χ1v) is 5.83. The molecule has 4 nitrogen and oxygen atoms in total. The summed E-state index contributed by atoms with van der Waals surface area (Å²) >= 11 is 0. The number of rotatable bonds is 8. The Balaban J connectivity index is 3.93. The minimum absolute atomic E-state index is 0.498. The molecule has 0 saturated carbocycles. The van der Waals surface area contributed by atoms with Gasteiger partial charge in [-0.15, -0.1) is 0 Å². The molecule has 94 valence electrons. The summed E-state index contributed by atoms with van der Waals surface area (Å²) in [6.45, 7) is 2.14. The zero-order chi connectivity index (χ0) is 12.4. The van der Waals surface area contributed by atoms with Crippen LogP contribution in [0.1, 0.15) is 45.4 Å². The van der Waals surface area contributed by atoms with Crippen LogP contribution >= 0.6 is 0 Å². The summed E-state index contributed by atoms with van der Waals surface area (Å²) in [6, 6.07) is 0. The van der Waals surface area contributed by atoms with Gasteiger partial charge in [-0.05, 0) is 6.42 Å². The molecule has 0 aromatic carbocycles. The number of carbonyl (C=O) groups excluding carboxylic acids is 2. The van der Waals surface area contributed by atoms with Crippen LogP contribution in [-0.4, -0.2) is 26.2 Å². The maximum absolute atomic E-state index is 11.3. The highest BCUT2D eigenvalue weighted by atomic mass is 16.5. The largest absolute Gasteiger partial charge is 0.468 e. The van der Waals surface area contributed by atoms with Crippen molar-refractivity contribution in [2.45, 2.75) is 45.4 Å². The van der Waals surface area contributed by atoms with Crippen LogP contribution in [0.25, 0.3) is 0 Å². The third-order valence-electron chi connectivity index (χ3n) is 2.57. The van der Waals surface area contributed by atoms with E-state index in [1.165, 1.54) is 27.1 Å². The molecule has 0 unspecified atom stereocenters. The van der Waals surface area contributed by atoms with Crippen molar-refractivity contribution in [3.63, 3.8) is 0 Å². The Kier molecular flexibility index (Phi) is 8.58. The molecule has 0 atom stereocenters. The molecule has 0 aromatic heterocycles. The van der Waals surface area contributed by atoms with Gasteiger partial charge in [0.05, 0.1) is 14.2 Å². The van der Waals surface area contributed by atoms with Gasteiger partial charge in [0.1, 0.15) is 0 Å². The maximum atomic E-state index is 11.3. The summed E-state index contributed by atoms with van der Waals surface area (Å²) in [7, 11) is 2.57. The molecule has 0 N–H and O–H groups in total. The Hall–Kier alpha value is -1.06. The molecule has 0 aliphatic rings. The van der Waals surface area contributed by atoms with E-state index in [2.05, 4.69) is 16.4 Å². The molecule has 0 amide bonds. The van der Waals surface area contributed by atoms with E-state index in [1.807, 2.05) is 0 Å². The standard InChI is InChI=1S/C12H22O4/c1-4-5-6-7-8-9-10(11(13)15-2)12(14)16-3/h10H,4-9H2,1-3H3. The molecule has 0 heterocycles. The van der Waals surface area contributed by atoms with Crippen molar-refractivity contribution >= 4 is 11.9 Å². The monoisotopic (exact) mass is 230 g/mol. The fraction of sp³-hybridized carbons (Fsp3) is 0.833. The molecule has 0 saturated heterocycles. The maximum Gasteiger partial charge on any atom is 0.320 e. The van der Waals surface area contributed by atoms with Gasteiger partial charge in [0.15, 0.2) is 5.92 Å². The van der Waals surface area contributed by atoms with Crippen LogP contribution in [-0.2, 0) is 19.1 Å². The van der Waals surface area contributed by atoms with Crippen molar-refractivity contribution in [2.24, 2.45) is 5.92 Å². The van der Waals surface area contributed by atoms with Crippen molar-refractivity contribution in [3.05, 3.63) is 0 Å². The van der Waals surface area contributed by atoms with E-state index in [-0.39, 0.29) is 0 Å². The lowest BCUT2D eigenvalue weighted by Gasteiger charge is -2.11. The van der Waals surface area contributed by atoms with Crippen molar-refractivity contribution in [1.29, 1.82) is 0 Å². The van der Waals surface area contributed by atoms with Gasteiger partial charge in [-0.3, -0.25) is 9.59 Å². The molecular formula is C12H22O4. The molecule has 0 aromatic rings. The van der Waals surface area contributed by atoms with E-state index in [1.54, 1.807) is 0 Å². The van der Waals surface area contributed by atoms with Crippen molar-refractivity contribution < 1.29 is 19.1 Å². The van der Waals surface area contributed by atoms with Crippen LogP contribution in [0.3, 0.4) is 0 Å². The van der Waals surface area contributed by atoms with Crippen molar-refractivity contribution in [1.82, 2.24) is 0 Å². The molecule has 0 radical (unpaired) electrons. The third-order valence-corrected chi connectivity index (χ3v) is 2.57. The van der Waals surface area contributed by atoms with Gasteiger partial charge in [-0.1, -0.05) is 39.0 Å². The van der Waals surface area contributed by atoms with E-state index >= 15 is 0 Å². The molecule has 0 bridgehead atoms. The van der Waals surface area contributed by atoms with Crippen LogP contribution in [0.15, 0.2) is 0 Å². The smallest absolute Gasteiger partial charge is 0.320 e. The zero-order valence-electron chi connectivity index (χ0n) is 10.5. The Morgan fingerprint density at radius 3 is 1.88 bits per heavy atom. The summed E-state index contributed by atoms with van der Waals surface area (Å²) in [5.41, 5.74) is 0. The Morgan fingerprint density at radius 1 is 0.938 bits per heavy atom. The van der Waals surface area contributed by atoms with Crippen LogP contribution in [0, 0.1) is 5.92 Å². The highest BCUT2D eigenvalue weighted by Crippen LogP contribution is 2.14. The summed E-state index contributed by atoms with van der Waals surface area (Å²) in [4.78, 5) is 22.6. The minimum atomic E-state index is -0.753. The van der Waals surface area contributed by atoms with Gasteiger partial charge in [0.2, 0.25) is 0 Å². The molecular weight excluding hydrogens is 208 g/mol. The Labute approximate surface area is 97.3 Å². The Bertz CT molecular complexity index is 197. The highest BCUT2D eigenvalue weighted by Gasteiger charge is 2.27. The van der Waals surface area contributed by atoms with E-state index < -0.39 is 17.9 Å². The first-order chi connectivity index (χ1) is 7.67. The van der Waals surface area contributed by atoms with E-state index in [9.17, 15) is 9.59 Å². The average Bonchev–Trinajstić information content (AvgIpc) is 2.32. The number of hydrogen-bond acceptors (Lipinski definition) is 4. The van der Waals surface area contributed by atoms with E-state index in [0.717, 1.165) is 19.3 Å². The summed E-state index contributed by atoms with van der Waals surface area (Å²) < 4.78 is 9.15. The minimum Gasteiger partial charge on any atom is -0.468 e. The number of ether oxygens (including phenoxy) is 2.